The van der Waals surface area contributed by atoms with Gasteiger partial charge in [-0.15, -0.1) is 11.3 Å². The molecule has 0 aliphatic heterocycles. The maximum Gasteiger partial charge on any atom is 0.307 e. The minimum atomic E-state index is -0.259. The van der Waals surface area contributed by atoms with Gasteiger partial charge in [-0.05, 0) is 0 Å². The fraction of sp³-hybridized carbons (Fsp3) is 0.545. The third-order valence-corrected chi connectivity index (χ3v) is 3.05. The molecule has 18 heavy (non-hydrogen) atoms. The van der Waals surface area contributed by atoms with Crippen LogP contribution in [0.1, 0.15) is 18.5 Å². The molecular formula is C11H16N2O4S. The van der Waals surface area contributed by atoms with Crippen LogP contribution in [0.3, 0.4) is 0 Å². The first-order chi connectivity index (χ1) is 8.65. The Balaban J connectivity index is 2.30. The zero-order chi connectivity index (χ0) is 13.4. The number of hydrogen-bond acceptors (Lipinski definition) is 7. The number of carbonyl (C=O) groups excluding carboxylic acids is 2. The van der Waals surface area contributed by atoms with Crippen LogP contribution in [0.15, 0.2) is 5.38 Å². The summed E-state index contributed by atoms with van der Waals surface area (Å²) < 4.78 is 9.08. The number of anilines is 1. The minimum Gasteiger partial charge on any atom is -0.469 e. The largest absolute Gasteiger partial charge is 0.469 e. The highest BCUT2D eigenvalue weighted by Crippen LogP contribution is 2.16. The van der Waals surface area contributed by atoms with E-state index in [1.165, 1.54) is 25.6 Å². The van der Waals surface area contributed by atoms with Gasteiger partial charge in [0.15, 0.2) is 5.13 Å². The lowest BCUT2D eigenvalue weighted by atomic mass is 10.2. The number of aromatic nitrogens is 1. The molecule has 1 aromatic rings. The van der Waals surface area contributed by atoms with Gasteiger partial charge in [0.1, 0.15) is 0 Å². The van der Waals surface area contributed by atoms with Crippen LogP contribution >= 0.6 is 11.3 Å². The van der Waals surface area contributed by atoms with E-state index in [9.17, 15) is 9.59 Å². The first-order valence-corrected chi connectivity index (χ1v) is 6.35. The molecule has 0 radical (unpaired) electrons. The van der Waals surface area contributed by atoms with Crippen LogP contribution in [-0.2, 0) is 25.5 Å². The highest BCUT2D eigenvalue weighted by molar-refractivity contribution is 7.13. The van der Waals surface area contributed by atoms with Crippen LogP contribution in [0.2, 0.25) is 0 Å². The fourth-order valence-electron chi connectivity index (χ4n) is 1.21. The first-order valence-electron chi connectivity index (χ1n) is 5.47. The second kappa shape index (κ2) is 7.65. The lowest BCUT2D eigenvalue weighted by molar-refractivity contribution is -0.141. The van der Waals surface area contributed by atoms with E-state index in [0.717, 1.165) is 10.8 Å². The van der Waals surface area contributed by atoms with E-state index in [4.69, 9.17) is 0 Å². The molecule has 0 bridgehead atoms. The van der Waals surface area contributed by atoms with E-state index < -0.39 is 0 Å². The Morgan fingerprint density at radius 1 is 1.28 bits per heavy atom. The van der Waals surface area contributed by atoms with Crippen molar-refractivity contribution in [2.75, 3.05) is 26.1 Å². The number of rotatable bonds is 7. The summed E-state index contributed by atoms with van der Waals surface area (Å²) in [5.41, 5.74) is 0.839. The number of nitrogens with zero attached hydrogens (tertiary/aromatic N) is 1. The van der Waals surface area contributed by atoms with Crippen molar-refractivity contribution >= 4 is 28.4 Å². The number of methoxy groups -OCH3 is 2. The molecule has 100 valence electrons. The van der Waals surface area contributed by atoms with Crippen LogP contribution < -0.4 is 5.32 Å². The van der Waals surface area contributed by atoms with E-state index in [2.05, 4.69) is 19.8 Å². The van der Waals surface area contributed by atoms with E-state index in [-0.39, 0.29) is 11.9 Å². The standard InChI is InChI=1S/C11H16N2O4S/c1-16-9(14)4-3-8-7-18-11(13-8)12-6-5-10(15)17-2/h7H,3-6H2,1-2H3,(H,12,13). The van der Waals surface area contributed by atoms with Crippen molar-refractivity contribution in [3.8, 4) is 0 Å². The molecule has 0 aromatic carbocycles. The molecule has 1 heterocycles. The number of nitrogens with one attached hydrogen (secondary N) is 1. The Morgan fingerprint density at radius 2 is 1.94 bits per heavy atom. The van der Waals surface area contributed by atoms with Gasteiger partial charge in [-0.25, -0.2) is 4.98 Å². The quantitative estimate of drug-likeness (QED) is 0.752. The van der Waals surface area contributed by atoms with Gasteiger partial charge in [0, 0.05) is 18.3 Å². The topological polar surface area (TPSA) is 77.5 Å². The van der Waals surface area contributed by atoms with Gasteiger partial charge >= 0.3 is 11.9 Å². The van der Waals surface area contributed by atoms with Gasteiger partial charge in [-0.1, -0.05) is 0 Å². The molecule has 1 N–H and O–H groups in total. The van der Waals surface area contributed by atoms with Crippen LogP contribution in [0, 0.1) is 0 Å². The molecule has 0 unspecified atom stereocenters. The number of carbonyl (C=O) groups is 2. The maximum atomic E-state index is 11.0. The summed E-state index contributed by atoms with van der Waals surface area (Å²) in [5, 5.41) is 5.64. The SMILES string of the molecule is COC(=O)CCNc1nc(CCC(=O)OC)cs1. The molecule has 0 saturated heterocycles. The molecule has 1 aromatic heterocycles. The lowest BCUT2D eigenvalue weighted by Crippen LogP contribution is -2.09. The summed E-state index contributed by atoms with van der Waals surface area (Å²) in [6.45, 7) is 0.483. The van der Waals surface area contributed by atoms with Gasteiger partial charge in [-0.2, -0.15) is 0 Å². The van der Waals surface area contributed by atoms with Gasteiger partial charge in [0.2, 0.25) is 0 Å². The van der Waals surface area contributed by atoms with Crippen molar-refractivity contribution in [2.24, 2.45) is 0 Å². The molecule has 0 saturated carbocycles. The summed E-state index contributed by atoms with van der Waals surface area (Å²) in [6.07, 6.45) is 1.18. The molecule has 6 nitrogen and oxygen atoms in total. The zero-order valence-corrected chi connectivity index (χ0v) is 11.2. The van der Waals surface area contributed by atoms with Crippen LogP contribution in [-0.4, -0.2) is 37.7 Å². The summed E-state index contributed by atoms with van der Waals surface area (Å²) in [4.78, 5) is 26.1. The number of thiazole rings is 1. The molecule has 0 atom stereocenters. The monoisotopic (exact) mass is 272 g/mol. The van der Waals surface area contributed by atoms with Gasteiger partial charge in [-0.3, -0.25) is 9.59 Å². The second-order valence-corrected chi connectivity index (χ2v) is 4.33. The second-order valence-electron chi connectivity index (χ2n) is 3.47. The average molecular weight is 272 g/mol. The highest BCUT2D eigenvalue weighted by atomic mass is 32.1. The predicted octanol–water partition coefficient (Wildman–Crippen LogP) is 1.22. The Labute approximate surface area is 109 Å². The normalized spacial score (nSPS) is 9.89. The van der Waals surface area contributed by atoms with Crippen LogP contribution in [0.25, 0.3) is 0 Å². The van der Waals surface area contributed by atoms with Crippen molar-refractivity contribution in [3.05, 3.63) is 11.1 Å². The zero-order valence-electron chi connectivity index (χ0n) is 10.4. The Bertz CT molecular complexity index is 406. The minimum absolute atomic E-state index is 0.247. The van der Waals surface area contributed by atoms with Crippen molar-refractivity contribution in [3.63, 3.8) is 0 Å². The van der Waals surface area contributed by atoms with Gasteiger partial charge in [0.25, 0.3) is 0 Å². The molecule has 7 heteroatoms. The predicted molar refractivity (Wildman–Crippen MR) is 67.6 cm³/mol. The fourth-order valence-corrected chi connectivity index (χ4v) is 1.98. The molecule has 0 amide bonds. The van der Waals surface area contributed by atoms with E-state index in [0.29, 0.717) is 25.8 Å². The number of ether oxygens (including phenoxy) is 2. The van der Waals surface area contributed by atoms with Gasteiger partial charge in [0.05, 0.1) is 32.8 Å². The third-order valence-electron chi connectivity index (χ3n) is 2.20. The summed E-state index contributed by atoms with van der Waals surface area (Å²) in [7, 11) is 2.72. The molecule has 1 rings (SSSR count). The van der Waals surface area contributed by atoms with Crippen LogP contribution in [0.4, 0.5) is 5.13 Å². The summed E-state index contributed by atoms with van der Waals surface area (Å²) in [6, 6.07) is 0. The van der Waals surface area contributed by atoms with E-state index in [1.54, 1.807) is 0 Å². The number of esters is 2. The summed E-state index contributed by atoms with van der Waals surface area (Å²) >= 11 is 1.44. The Morgan fingerprint density at radius 3 is 2.61 bits per heavy atom. The molecule has 0 aliphatic rings. The van der Waals surface area contributed by atoms with Crippen molar-refractivity contribution in [1.82, 2.24) is 4.98 Å². The van der Waals surface area contributed by atoms with E-state index >= 15 is 0 Å². The smallest absolute Gasteiger partial charge is 0.307 e. The van der Waals surface area contributed by atoms with Crippen molar-refractivity contribution in [1.29, 1.82) is 0 Å². The first kappa shape index (κ1) is 14.4. The molecular weight excluding hydrogens is 256 g/mol. The number of hydrogen-bond donors (Lipinski definition) is 1. The van der Waals surface area contributed by atoms with Crippen molar-refractivity contribution in [2.45, 2.75) is 19.3 Å². The molecule has 0 spiro atoms. The van der Waals surface area contributed by atoms with Gasteiger partial charge < -0.3 is 14.8 Å². The number of aryl methyl sites for hydroxylation is 1. The lowest BCUT2D eigenvalue weighted by Gasteiger charge is -2.00. The third kappa shape index (κ3) is 5.13. The van der Waals surface area contributed by atoms with Crippen molar-refractivity contribution < 1.29 is 19.1 Å². The van der Waals surface area contributed by atoms with Crippen LogP contribution in [0.5, 0.6) is 0 Å². The average Bonchev–Trinajstić information content (AvgIpc) is 2.83. The molecule has 0 fully saturated rings. The Hall–Kier alpha value is -1.63. The highest BCUT2D eigenvalue weighted by Gasteiger charge is 2.06. The Kier molecular flexibility index (Phi) is 6.13. The summed E-state index contributed by atoms with van der Waals surface area (Å²) in [5.74, 6) is -0.506. The molecule has 0 aliphatic carbocycles. The van der Waals surface area contributed by atoms with E-state index in [1.807, 2.05) is 5.38 Å². The maximum absolute atomic E-state index is 11.0.